The number of hydrogen-bond donors (Lipinski definition) is 4. The van der Waals surface area contributed by atoms with Gasteiger partial charge < -0.3 is 21.3 Å². The quantitative estimate of drug-likeness (QED) is 0.442. The third-order valence-corrected chi connectivity index (χ3v) is 3.37. The minimum absolute atomic E-state index is 0.697. The van der Waals surface area contributed by atoms with Crippen LogP contribution in [-0.4, -0.2) is 44.9 Å². The maximum atomic E-state index is 3.75. The third-order valence-electron chi connectivity index (χ3n) is 3.37. The van der Waals surface area contributed by atoms with Gasteiger partial charge in [0.1, 0.15) is 0 Å². The molecule has 88 valence electrons. The van der Waals surface area contributed by atoms with E-state index in [1.165, 1.54) is 25.7 Å². The lowest BCUT2D eigenvalue weighted by Crippen LogP contribution is -2.50. The minimum atomic E-state index is 0.697. The molecule has 2 rings (SSSR count). The SMILES string of the molecule is C1CC2CCNCNCCNCC(C1)N2. The van der Waals surface area contributed by atoms with Crippen molar-refractivity contribution < 1.29 is 0 Å². The molecule has 2 fully saturated rings. The molecule has 2 aliphatic heterocycles. The van der Waals surface area contributed by atoms with Crippen LogP contribution in [0.3, 0.4) is 0 Å². The lowest BCUT2D eigenvalue weighted by molar-refractivity contribution is 0.294. The Kier molecular flexibility index (Phi) is 4.86. The molecule has 2 unspecified atom stereocenters. The number of fused-ring (bicyclic) bond motifs is 2. The van der Waals surface area contributed by atoms with Gasteiger partial charge in [0.05, 0.1) is 0 Å². The molecule has 2 atom stereocenters. The van der Waals surface area contributed by atoms with Gasteiger partial charge in [-0.2, -0.15) is 0 Å². The molecule has 4 nitrogen and oxygen atoms in total. The van der Waals surface area contributed by atoms with E-state index in [-0.39, 0.29) is 0 Å². The first-order chi connectivity index (χ1) is 7.45. The molecule has 0 radical (unpaired) electrons. The van der Waals surface area contributed by atoms with Crippen molar-refractivity contribution in [2.75, 3.05) is 32.8 Å². The molecule has 2 aliphatic rings. The van der Waals surface area contributed by atoms with E-state index in [1.807, 2.05) is 0 Å². The first-order valence-corrected chi connectivity index (χ1v) is 6.33. The molecule has 4 heteroatoms. The number of nitrogens with one attached hydrogen (secondary N) is 4. The van der Waals surface area contributed by atoms with Crippen molar-refractivity contribution in [1.29, 1.82) is 0 Å². The normalized spacial score (nSPS) is 35.2. The van der Waals surface area contributed by atoms with Crippen LogP contribution < -0.4 is 21.3 Å². The Hall–Kier alpha value is -0.160. The third kappa shape index (κ3) is 4.07. The Morgan fingerprint density at radius 1 is 0.733 bits per heavy atom. The van der Waals surface area contributed by atoms with E-state index in [4.69, 9.17) is 0 Å². The Balaban J connectivity index is 1.78. The van der Waals surface area contributed by atoms with Gasteiger partial charge in [0.15, 0.2) is 0 Å². The van der Waals surface area contributed by atoms with Crippen molar-refractivity contribution in [3.63, 3.8) is 0 Å². The minimum Gasteiger partial charge on any atom is -0.314 e. The van der Waals surface area contributed by atoms with Crippen LogP contribution in [0.1, 0.15) is 25.7 Å². The summed E-state index contributed by atoms with van der Waals surface area (Å²) in [4.78, 5) is 0. The van der Waals surface area contributed by atoms with Gasteiger partial charge in [-0.1, -0.05) is 6.42 Å². The van der Waals surface area contributed by atoms with Gasteiger partial charge in [0, 0.05) is 38.4 Å². The van der Waals surface area contributed by atoms with Gasteiger partial charge in [-0.25, -0.2) is 0 Å². The topological polar surface area (TPSA) is 48.1 Å². The zero-order valence-electron chi connectivity index (χ0n) is 9.52. The molecule has 0 saturated carbocycles. The smallest absolute Gasteiger partial charge is 0.0454 e. The summed E-state index contributed by atoms with van der Waals surface area (Å²) < 4.78 is 0. The van der Waals surface area contributed by atoms with Crippen molar-refractivity contribution in [2.24, 2.45) is 0 Å². The van der Waals surface area contributed by atoms with E-state index in [1.54, 1.807) is 0 Å². The molecule has 2 bridgehead atoms. The summed E-state index contributed by atoms with van der Waals surface area (Å²) in [5.41, 5.74) is 0. The largest absolute Gasteiger partial charge is 0.314 e. The second kappa shape index (κ2) is 6.43. The van der Waals surface area contributed by atoms with Crippen LogP contribution in [0, 0.1) is 0 Å². The average Bonchev–Trinajstić information content (AvgIpc) is 2.26. The molecule has 0 aliphatic carbocycles. The Bertz CT molecular complexity index is 158. The van der Waals surface area contributed by atoms with E-state index >= 15 is 0 Å². The molecule has 2 heterocycles. The van der Waals surface area contributed by atoms with Crippen LogP contribution >= 0.6 is 0 Å². The predicted octanol–water partition coefficient (Wildman–Crippen LogP) is -0.373. The Morgan fingerprint density at radius 2 is 1.53 bits per heavy atom. The molecular formula is C11H24N4. The van der Waals surface area contributed by atoms with E-state index < -0.39 is 0 Å². The van der Waals surface area contributed by atoms with Crippen LogP contribution in [0.15, 0.2) is 0 Å². The van der Waals surface area contributed by atoms with Crippen molar-refractivity contribution in [3.8, 4) is 0 Å². The Labute approximate surface area is 92.6 Å². The van der Waals surface area contributed by atoms with Crippen LogP contribution in [-0.2, 0) is 0 Å². The first kappa shape index (κ1) is 11.3. The zero-order chi connectivity index (χ0) is 10.3. The van der Waals surface area contributed by atoms with Crippen LogP contribution in [0.2, 0.25) is 0 Å². The molecule has 15 heavy (non-hydrogen) atoms. The van der Waals surface area contributed by atoms with E-state index in [2.05, 4.69) is 21.3 Å². The summed E-state index contributed by atoms with van der Waals surface area (Å²) in [6.45, 7) is 5.34. The van der Waals surface area contributed by atoms with E-state index in [0.29, 0.717) is 6.04 Å². The molecule has 2 saturated heterocycles. The lowest BCUT2D eigenvalue weighted by atomic mass is 9.96. The molecular weight excluding hydrogens is 188 g/mol. The maximum Gasteiger partial charge on any atom is 0.0454 e. The van der Waals surface area contributed by atoms with Gasteiger partial charge in [0.2, 0.25) is 0 Å². The van der Waals surface area contributed by atoms with Crippen molar-refractivity contribution in [3.05, 3.63) is 0 Å². The zero-order valence-corrected chi connectivity index (χ0v) is 9.52. The highest BCUT2D eigenvalue weighted by molar-refractivity contribution is 4.82. The second-order valence-electron chi connectivity index (χ2n) is 4.66. The maximum absolute atomic E-state index is 3.75. The van der Waals surface area contributed by atoms with Crippen LogP contribution in [0.5, 0.6) is 0 Å². The number of rotatable bonds is 0. The highest BCUT2D eigenvalue weighted by Crippen LogP contribution is 2.14. The fourth-order valence-corrected chi connectivity index (χ4v) is 2.49. The molecule has 0 aromatic heterocycles. The molecule has 0 aromatic carbocycles. The highest BCUT2D eigenvalue weighted by atomic mass is 15.1. The summed E-state index contributed by atoms with van der Waals surface area (Å²) >= 11 is 0. The highest BCUT2D eigenvalue weighted by Gasteiger charge is 2.20. The molecule has 4 N–H and O–H groups in total. The van der Waals surface area contributed by atoms with Crippen LogP contribution in [0.25, 0.3) is 0 Å². The number of hydrogen-bond acceptors (Lipinski definition) is 4. The molecule has 0 aromatic rings. The fraction of sp³-hybridized carbons (Fsp3) is 1.00. The Morgan fingerprint density at radius 3 is 2.53 bits per heavy atom. The second-order valence-corrected chi connectivity index (χ2v) is 4.66. The summed E-state index contributed by atoms with van der Waals surface area (Å²) in [6, 6.07) is 1.43. The predicted molar refractivity (Wildman–Crippen MR) is 62.9 cm³/mol. The monoisotopic (exact) mass is 212 g/mol. The van der Waals surface area contributed by atoms with Crippen molar-refractivity contribution >= 4 is 0 Å². The van der Waals surface area contributed by atoms with Crippen molar-refractivity contribution in [1.82, 2.24) is 21.3 Å². The van der Waals surface area contributed by atoms with Gasteiger partial charge in [0.25, 0.3) is 0 Å². The van der Waals surface area contributed by atoms with E-state index in [0.717, 1.165) is 38.9 Å². The summed E-state index contributed by atoms with van der Waals surface area (Å²) in [7, 11) is 0. The van der Waals surface area contributed by atoms with Gasteiger partial charge in [-0.15, -0.1) is 0 Å². The summed E-state index contributed by atoms with van der Waals surface area (Å²) in [5, 5.41) is 14.1. The van der Waals surface area contributed by atoms with Gasteiger partial charge in [-0.05, 0) is 25.8 Å². The molecule has 0 spiro atoms. The average molecular weight is 212 g/mol. The summed E-state index contributed by atoms with van der Waals surface area (Å²) in [5.74, 6) is 0. The summed E-state index contributed by atoms with van der Waals surface area (Å²) in [6.07, 6.45) is 5.34. The van der Waals surface area contributed by atoms with Crippen molar-refractivity contribution in [2.45, 2.75) is 37.8 Å². The van der Waals surface area contributed by atoms with Crippen LogP contribution in [0.4, 0.5) is 0 Å². The van der Waals surface area contributed by atoms with Gasteiger partial charge in [-0.3, -0.25) is 0 Å². The fourth-order valence-electron chi connectivity index (χ4n) is 2.49. The molecule has 0 amide bonds. The standard InChI is InChI=1S/C11H24N4/c1-2-10-4-5-13-9-14-7-6-12-8-11(3-1)15-10/h10-15H,1-9H2. The first-order valence-electron chi connectivity index (χ1n) is 6.33. The van der Waals surface area contributed by atoms with Gasteiger partial charge >= 0.3 is 0 Å². The van der Waals surface area contributed by atoms with E-state index in [9.17, 15) is 0 Å². The number of piperidine rings is 1. The lowest BCUT2D eigenvalue weighted by Gasteiger charge is -2.32.